The first kappa shape index (κ1) is 14.3. The van der Waals surface area contributed by atoms with Crippen molar-refractivity contribution in [3.63, 3.8) is 0 Å². The van der Waals surface area contributed by atoms with E-state index in [1.807, 2.05) is 31.3 Å². The molecule has 0 amide bonds. The molecule has 5 heteroatoms. The lowest BCUT2D eigenvalue weighted by atomic mass is 10.2. The number of pyridine rings is 1. The number of aliphatic hydroxyl groups excluding tert-OH is 1. The topological polar surface area (TPSA) is 36.4 Å². The number of rotatable bonds is 5. The number of hydrogen-bond acceptors (Lipinski definition) is 4. The maximum Gasteiger partial charge on any atom is 0.129 e. The summed E-state index contributed by atoms with van der Waals surface area (Å²) in [7, 11) is 2.00. The van der Waals surface area contributed by atoms with Crippen molar-refractivity contribution in [3.05, 3.63) is 44.7 Å². The Hall–Kier alpha value is -1.10. The van der Waals surface area contributed by atoms with Gasteiger partial charge in [-0.25, -0.2) is 4.98 Å². The van der Waals surface area contributed by atoms with Gasteiger partial charge in [-0.3, -0.25) is 0 Å². The van der Waals surface area contributed by atoms with Crippen molar-refractivity contribution >= 4 is 28.8 Å². The van der Waals surface area contributed by atoms with Crippen LogP contribution in [0, 0.1) is 0 Å². The molecule has 0 atom stereocenters. The molecule has 2 aromatic heterocycles. The van der Waals surface area contributed by atoms with Gasteiger partial charge in [-0.05, 0) is 36.2 Å². The molecule has 0 aliphatic heterocycles. The number of hydrogen-bond donors (Lipinski definition) is 1. The second kappa shape index (κ2) is 6.37. The summed E-state index contributed by atoms with van der Waals surface area (Å²) in [5, 5.41) is 9.30. The first-order valence-corrected chi connectivity index (χ1v) is 7.38. The number of anilines is 1. The molecule has 19 heavy (non-hydrogen) atoms. The van der Waals surface area contributed by atoms with Crippen molar-refractivity contribution < 1.29 is 5.11 Å². The van der Waals surface area contributed by atoms with Gasteiger partial charge in [0.25, 0.3) is 0 Å². The smallest absolute Gasteiger partial charge is 0.129 e. The minimum atomic E-state index is 0.0428. The Morgan fingerprint density at radius 3 is 2.74 bits per heavy atom. The van der Waals surface area contributed by atoms with Crippen LogP contribution in [0.4, 0.5) is 5.82 Å². The zero-order valence-corrected chi connectivity index (χ0v) is 12.6. The summed E-state index contributed by atoms with van der Waals surface area (Å²) in [6, 6.07) is 7.80. The maximum absolute atomic E-state index is 9.30. The van der Waals surface area contributed by atoms with Gasteiger partial charge >= 0.3 is 0 Å². The van der Waals surface area contributed by atoms with E-state index in [1.54, 1.807) is 11.3 Å². The molecule has 2 rings (SSSR count). The number of thiophene rings is 1. The summed E-state index contributed by atoms with van der Waals surface area (Å²) in [6.07, 6.45) is 0.861. The van der Waals surface area contributed by atoms with Gasteiger partial charge in [-0.15, -0.1) is 11.3 Å². The molecule has 0 bridgehead atoms. The molecule has 3 nitrogen and oxygen atoms in total. The van der Waals surface area contributed by atoms with Crippen LogP contribution in [0.25, 0.3) is 0 Å². The third-order valence-corrected chi connectivity index (χ3v) is 4.10. The van der Waals surface area contributed by atoms with E-state index in [1.165, 1.54) is 4.88 Å². The largest absolute Gasteiger partial charge is 0.392 e. The average molecular weight is 297 g/mol. The van der Waals surface area contributed by atoms with E-state index in [0.29, 0.717) is 0 Å². The van der Waals surface area contributed by atoms with Gasteiger partial charge in [-0.2, -0.15) is 0 Å². The van der Waals surface area contributed by atoms with E-state index in [2.05, 4.69) is 16.8 Å². The van der Waals surface area contributed by atoms with Crippen LogP contribution in [-0.4, -0.2) is 17.1 Å². The molecule has 0 radical (unpaired) electrons. The molecule has 0 aromatic carbocycles. The highest BCUT2D eigenvalue weighted by Gasteiger charge is 2.08. The Morgan fingerprint density at radius 2 is 2.16 bits per heavy atom. The van der Waals surface area contributed by atoms with Gasteiger partial charge < -0.3 is 10.0 Å². The number of halogens is 1. The quantitative estimate of drug-likeness (QED) is 0.917. The molecule has 2 aromatic rings. The van der Waals surface area contributed by atoms with E-state index in [0.717, 1.165) is 34.4 Å². The molecular formula is C14H17ClN2OS. The third kappa shape index (κ3) is 3.69. The van der Waals surface area contributed by atoms with E-state index in [9.17, 15) is 5.11 Å². The fourth-order valence-electron chi connectivity index (χ4n) is 1.85. The molecule has 0 fully saturated rings. The summed E-state index contributed by atoms with van der Waals surface area (Å²) < 4.78 is 0.801. The molecule has 1 N–H and O–H groups in total. The Kier molecular flexibility index (Phi) is 4.80. The predicted octanol–water partition coefficient (Wildman–Crippen LogP) is 3.49. The lowest BCUT2D eigenvalue weighted by Crippen LogP contribution is -2.17. The van der Waals surface area contributed by atoms with Crippen LogP contribution in [0.5, 0.6) is 0 Å². The number of aromatic nitrogens is 1. The van der Waals surface area contributed by atoms with Gasteiger partial charge in [0.05, 0.1) is 17.5 Å². The van der Waals surface area contributed by atoms with Gasteiger partial charge in [-0.1, -0.05) is 18.5 Å². The van der Waals surface area contributed by atoms with Gasteiger partial charge in [0, 0.05) is 17.6 Å². The first-order valence-electron chi connectivity index (χ1n) is 6.18. The SMILES string of the molecule is CCc1cc(CO)cc(N(C)Cc2ccc(Cl)s2)n1. The van der Waals surface area contributed by atoms with Gasteiger partial charge in [0.15, 0.2) is 0 Å². The fraction of sp³-hybridized carbons (Fsp3) is 0.357. The minimum absolute atomic E-state index is 0.0428. The van der Waals surface area contributed by atoms with Crippen LogP contribution >= 0.6 is 22.9 Å². The van der Waals surface area contributed by atoms with Crippen LogP contribution in [0.3, 0.4) is 0 Å². The van der Waals surface area contributed by atoms with Crippen molar-refractivity contribution in [2.24, 2.45) is 0 Å². The monoisotopic (exact) mass is 296 g/mol. The first-order chi connectivity index (χ1) is 9.12. The zero-order chi connectivity index (χ0) is 13.8. The van der Waals surface area contributed by atoms with Crippen LogP contribution in [0.1, 0.15) is 23.1 Å². The summed E-state index contributed by atoms with van der Waals surface area (Å²) >= 11 is 7.51. The van der Waals surface area contributed by atoms with Gasteiger partial charge in [0.2, 0.25) is 0 Å². The highest BCUT2D eigenvalue weighted by atomic mass is 35.5. The second-order valence-electron chi connectivity index (χ2n) is 4.40. The minimum Gasteiger partial charge on any atom is -0.392 e. The molecule has 2 heterocycles. The molecule has 0 aliphatic rings. The van der Waals surface area contributed by atoms with Crippen LogP contribution in [0.2, 0.25) is 4.34 Å². The summed E-state index contributed by atoms with van der Waals surface area (Å²) in [6.45, 7) is 2.87. The normalized spacial score (nSPS) is 10.7. The van der Waals surface area contributed by atoms with E-state index in [-0.39, 0.29) is 6.61 Å². The summed E-state index contributed by atoms with van der Waals surface area (Å²) in [5.74, 6) is 0.882. The number of aliphatic hydroxyl groups is 1. The Bertz CT molecular complexity index is 534. The third-order valence-electron chi connectivity index (χ3n) is 2.88. The van der Waals surface area contributed by atoms with Crippen molar-refractivity contribution in [2.45, 2.75) is 26.5 Å². The highest BCUT2D eigenvalue weighted by molar-refractivity contribution is 7.16. The standard InChI is InChI=1S/C14H17ClN2OS/c1-3-11-6-10(9-18)7-14(16-11)17(2)8-12-4-5-13(15)19-12/h4-7,18H,3,8-9H2,1-2H3. The zero-order valence-electron chi connectivity index (χ0n) is 11.1. The summed E-state index contributed by atoms with van der Waals surface area (Å²) in [5.41, 5.74) is 1.90. The van der Waals surface area contributed by atoms with Crippen LogP contribution in [-0.2, 0) is 19.6 Å². The summed E-state index contributed by atoms with van der Waals surface area (Å²) in [4.78, 5) is 7.86. The lowest BCUT2D eigenvalue weighted by molar-refractivity contribution is 0.281. The molecule has 102 valence electrons. The number of aryl methyl sites for hydroxylation is 1. The highest BCUT2D eigenvalue weighted by Crippen LogP contribution is 2.24. The Balaban J connectivity index is 2.20. The molecule has 0 unspecified atom stereocenters. The lowest BCUT2D eigenvalue weighted by Gasteiger charge is -2.19. The second-order valence-corrected chi connectivity index (χ2v) is 6.20. The number of nitrogens with zero attached hydrogens (tertiary/aromatic N) is 2. The van der Waals surface area contributed by atoms with E-state index < -0.39 is 0 Å². The molecule has 0 spiro atoms. The fourth-order valence-corrected chi connectivity index (χ4v) is 2.99. The van der Waals surface area contributed by atoms with Crippen LogP contribution in [0.15, 0.2) is 24.3 Å². The van der Waals surface area contributed by atoms with Crippen molar-refractivity contribution in [3.8, 4) is 0 Å². The average Bonchev–Trinajstić information content (AvgIpc) is 2.83. The van der Waals surface area contributed by atoms with Crippen LogP contribution < -0.4 is 4.90 Å². The molecular weight excluding hydrogens is 280 g/mol. The van der Waals surface area contributed by atoms with Crippen molar-refractivity contribution in [1.82, 2.24) is 4.98 Å². The van der Waals surface area contributed by atoms with Crippen molar-refractivity contribution in [1.29, 1.82) is 0 Å². The maximum atomic E-state index is 9.30. The molecule has 0 saturated heterocycles. The van der Waals surface area contributed by atoms with E-state index >= 15 is 0 Å². The predicted molar refractivity (Wildman–Crippen MR) is 81.0 cm³/mol. The Labute approximate surface area is 122 Å². The van der Waals surface area contributed by atoms with E-state index in [4.69, 9.17) is 11.6 Å². The molecule has 0 aliphatic carbocycles. The molecule has 0 saturated carbocycles. The van der Waals surface area contributed by atoms with Crippen molar-refractivity contribution in [2.75, 3.05) is 11.9 Å². The Morgan fingerprint density at radius 1 is 1.37 bits per heavy atom. The van der Waals surface area contributed by atoms with Gasteiger partial charge in [0.1, 0.15) is 5.82 Å².